The highest BCUT2D eigenvalue weighted by atomic mass is 32.2. The van der Waals surface area contributed by atoms with Gasteiger partial charge in [0.25, 0.3) is 0 Å². The maximum atomic E-state index is 4.71. The number of anilines is 2. The summed E-state index contributed by atoms with van der Waals surface area (Å²) in [7, 11) is 0. The summed E-state index contributed by atoms with van der Waals surface area (Å²) in [5.41, 5.74) is 3.14. The average Bonchev–Trinajstić information content (AvgIpc) is 3.02. The number of fused-ring (bicyclic) bond motifs is 1. The fraction of sp³-hybridized carbons (Fsp3) is 0.105. The molecular weight excluding hydrogens is 330 g/mol. The molecule has 0 amide bonds. The third kappa shape index (κ3) is 3.49. The summed E-state index contributed by atoms with van der Waals surface area (Å²) in [6, 6.07) is 18.3. The van der Waals surface area contributed by atoms with Crippen LogP contribution in [-0.4, -0.2) is 20.2 Å². The quantitative estimate of drug-likeness (QED) is 0.516. The van der Waals surface area contributed by atoms with Crippen LogP contribution in [0.3, 0.4) is 0 Å². The number of nitrogens with one attached hydrogen (secondary N) is 2. The highest BCUT2D eigenvalue weighted by Gasteiger charge is 2.10. The fourth-order valence-corrected chi connectivity index (χ4v) is 3.28. The summed E-state index contributed by atoms with van der Waals surface area (Å²) in [4.78, 5) is 10.5. The lowest BCUT2D eigenvalue weighted by molar-refractivity contribution is 1.00. The first kappa shape index (κ1) is 15.7. The molecule has 0 unspecified atom stereocenters. The zero-order chi connectivity index (χ0) is 17.2. The van der Waals surface area contributed by atoms with E-state index >= 15 is 0 Å². The topological polar surface area (TPSA) is 66.5 Å². The van der Waals surface area contributed by atoms with Gasteiger partial charge in [0.1, 0.15) is 5.82 Å². The second-order valence-electron chi connectivity index (χ2n) is 5.85. The molecule has 0 saturated heterocycles. The number of nitrogens with zero attached hydrogens (tertiary/aromatic N) is 3. The number of benzene rings is 2. The molecular formula is C19H17N5S. The lowest BCUT2D eigenvalue weighted by atomic mass is 10.2. The molecule has 0 aliphatic rings. The van der Waals surface area contributed by atoms with Crippen molar-refractivity contribution in [3.05, 3.63) is 65.9 Å². The molecule has 0 radical (unpaired) electrons. The number of rotatable bonds is 4. The van der Waals surface area contributed by atoms with E-state index in [-0.39, 0.29) is 0 Å². The van der Waals surface area contributed by atoms with Gasteiger partial charge in [0.15, 0.2) is 11.0 Å². The average molecular weight is 347 g/mol. The van der Waals surface area contributed by atoms with Gasteiger partial charge in [-0.1, -0.05) is 29.8 Å². The van der Waals surface area contributed by atoms with E-state index in [0.717, 1.165) is 33.1 Å². The van der Waals surface area contributed by atoms with Crippen molar-refractivity contribution in [2.75, 3.05) is 5.32 Å². The van der Waals surface area contributed by atoms with Crippen molar-refractivity contribution in [1.82, 2.24) is 20.2 Å². The molecule has 0 fully saturated rings. The predicted molar refractivity (Wildman–Crippen MR) is 101 cm³/mol. The zero-order valence-corrected chi connectivity index (χ0v) is 14.8. The van der Waals surface area contributed by atoms with Gasteiger partial charge in [-0.15, -0.1) is 0 Å². The van der Waals surface area contributed by atoms with Crippen LogP contribution in [0.2, 0.25) is 0 Å². The van der Waals surface area contributed by atoms with E-state index in [2.05, 4.69) is 51.7 Å². The number of hydrogen-bond acceptors (Lipinski definition) is 5. The SMILES string of the molecule is Cc1ccc(Sc2nc(Nc3cc(C)[nH]n3)c3ccccc3n2)cc1. The zero-order valence-electron chi connectivity index (χ0n) is 13.9. The first-order chi connectivity index (χ1) is 12.2. The largest absolute Gasteiger partial charge is 0.323 e. The molecule has 25 heavy (non-hydrogen) atoms. The number of H-pyrrole nitrogens is 1. The Bertz CT molecular complexity index is 1020. The lowest BCUT2D eigenvalue weighted by Gasteiger charge is -2.09. The van der Waals surface area contributed by atoms with Gasteiger partial charge in [-0.2, -0.15) is 5.10 Å². The van der Waals surface area contributed by atoms with Crippen molar-refractivity contribution in [3.63, 3.8) is 0 Å². The molecule has 2 heterocycles. The standard InChI is InChI=1S/C19H17N5S/c1-12-7-9-14(10-8-12)25-19-20-16-6-4-3-5-15(16)18(22-19)21-17-11-13(2)23-24-17/h3-11H,1-2H3,(H2,20,21,22,23,24). The van der Waals surface area contributed by atoms with Crippen molar-refractivity contribution in [1.29, 1.82) is 0 Å². The van der Waals surface area contributed by atoms with E-state index in [0.29, 0.717) is 5.16 Å². The van der Waals surface area contributed by atoms with Crippen molar-refractivity contribution < 1.29 is 0 Å². The first-order valence-electron chi connectivity index (χ1n) is 7.98. The third-order valence-corrected chi connectivity index (χ3v) is 4.64. The van der Waals surface area contributed by atoms with Gasteiger partial charge >= 0.3 is 0 Å². The number of aromatic amines is 1. The first-order valence-corrected chi connectivity index (χ1v) is 8.79. The third-order valence-electron chi connectivity index (χ3n) is 3.77. The van der Waals surface area contributed by atoms with Crippen molar-refractivity contribution in [2.45, 2.75) is 23.9 Å². The maximum absolute atomic E-state index is 4.71. The number of aryl methyl sites for hydroxylation is 2. The van der Waals surface area contributed by atoms with E-state index < -0.39 is 0 Å². The lowest BCUT2D eigenvalue weighted by Crippen LogP contribution is -1.99. The summed E-state index contributed by atoms with van der Waals surface area (Å²) in [5.74, 6) is 1.50. The van der Waals surface area contributed by atoms with Crippen LogP contribution in [0.25, 0.3) is 10.9 Å². The van der Waals surface area contributed by atoms with Crippen LogP contribution in [-0.2, 0) is 0 Å². The van der Waals surface area contributed by atoms with E-state index in [1.54, 1.807) is 11.8 Å². The highest BCUT2D eigenvalue weighted by Crippen LogP contribution is 2.30. The minimum atomic E-state index is 0.706. The van der Waals surface area contributed by atoms with Crippen molar-refractivity contribution in [3.8, 4) is 0 Å². The summed E-state index contributed by atoms with van der Waals surface area (Å²) >= 11 is 1.55. The van der Waals surface area contributed by atoms with Crippen LogP contribution in [0.4, 0.5) is 11.6 Å². The Kier molecular flexibility index (Phi) is 4.11. The summed E-state index contributed by atoms with van der Waals surface area (Å²) < 4.78 is 0. The molecule has 2 aromatic carbocycles. The van der Waals surface area contributed by atoms with Crippen LogP contribution in [0.5, 0.6) is 0 Å². The van der Waals surface area contributed by atoms with E-state index in [9.17, 15) is 0 Å². The summed E-state index contributed by atoms with van der Waals surface area (Å²) in [5, 5.41) is 12.1. The molecule has 5 nitrogen and oxygen atoms in total. The molecule has 0 aliphatic carbocycles. The van der Waals surface area contributed by atoms with Gasteiger partial charge in [0.05, 0.1) is 5.52 Å². The minimum Gasteiger partial charge on any atom is -0.323 e. The molecule has 0 aliphatic heterocycles. The Morgan fingerprint density at radius 3 is 2.52 bits per heavy atom. The highest BCUT2D eigenvalue weighted by molar-refractivity contribution is 7.99. The fourth-order valence-electron chi connectivity index (χ4n) is 2.51. The van der Waals surface area contributed by atoms with E-state index in [1.165, 1.54) is 5.56 Å². The smallest absolute Gasteiger partial charge is 0.195 e. The molecule has 4 rings (SSSR count). The Labute approximate surface area is 149 Å². The summed E-state index contributed by atoms with van der Waals surface area (Å²) in [6.45, 7) is 4.05. The van der Waals surface area contributed by atoms with Gasteiger partial charge in [0, 0.05) is 22.0 Å². The molecule has 6 heteroatoms. The van der Waals surface area contributed by atoms with Crippen LogP contribution in [0.15, 0.2) is 64.6 Å². The van der Waals surface area contributed by atoms with Gasteiger partial charge in [-0.05, 0) is 49.9 Å². The number of hydrogen-bond donors (Lipinski definition) is 2. The van der Waals surface area contributed by atoms with E-state index in [1.807, 2.05) is 37.3 Å². The molecule has 0 atom stereocenters. The van der Waals surface area contributed by atoms with Gasteiger partial charge in [-0.3, -0.25) is 5.10 Å². The molecule has 2 N–H and O–H groups in total. The number of aromatic nitrogens is 4. The van der Waals surface area contributed by atoms with Gasteiger partial charge in [0.2, 0.25) is 0 Å². The van der Waals surface area contributed by atoms with E-state index in [4.69, 9.17) is 4.98 Å². The van der Waals surface area contributed by atoms with Crippen LogP contribution >= 0.6 is 11.8 Å². The van der Waals surface area contributed by atoms with Crippen molar-refractivity contribution in [2.24, 2.45) is 0 Å². The molecule has 4 aromatic rings. The normalized spacial score (nSPS) is 11.0. The predicted octanol–water partition coefficient (Wildman–Crippen LogP) is 4.86. The second-order valence-corrected chi connectivity index (χ2v) is 6.89. The van der Waals surface area contributed by atoms with Crippen LogP contribution < -0.4 is 5.32 Å². The Balaban J connectivity index is 1.73. The van der Waals surface area contributed by atoms with Crippen molar-refractivity contribution >= 4 is 34.3 Å². The van der Waals surface area contributed by atoms with Gasteiger partial charge in [-0.25, -0.2) is 9.97 Å². The molecule has 2 aromatic heterocycles. The minimum absolute atomic E-state index is 0.706. The van der Waals surface area contributed by atoms with Gasteiger partial charge < -0.3 is 5.32 Å². The Morgan fingerprint density at radius 2 is 1.76 bits per heavy atom. The Hall–Kier alpha value is -2.86. The maximum Gasteiger partial charge on any atom is 0.195 e. The van der Waals surface area contributed by atoms with Crippen LogP contribution in [0.1, 0.15) is 11.3 Å². The Morgan fingerprint density at radius 1 is 0.960 bits per heavy atom. The monoisotopic (exact) mass is 347 g/mol. The summed E-state index contributed by atoms with van der Waals surface area (Å²) in [6.07, 6.45) is 0. The second kappa shape index (κ2) is 6.57. The number of para-hydroxylation sites is 1. The van der Waals surface area contributed by atoms with Crippen LogP contribution in [0, 0.1) is 13.8 Å². The molecule has 124 valence electrons. The molecule has 0 spiro atoms. The molecule has 0 bridgehead atoms. The molecule has 0 saturated carbocycles.